The maximum Gasteiger partial charge on any atom is 0.411 e. The zero-order valence-electron chi connectivity index (χ0n) is 20.4. The number of fused-ring (bicyclic) bond motifs is 4. The molecule has 0 saturated heterocycles. The first-order valence-corrected chi connectivity index (χ1v) is 13.0. The van der Waals surface area contributed by atoms with Gasteiger partial charge >= 0.3 is 12.1 Å². The predicted molar refractivity (Wildman–Crippen MR) is 138 cm³/mol. The Bertz CT molecular complexity index is 1240. The summed E-state index contributed by atoms with van der Waals surface area (Å²) >= 11 is 0. The molecule has 184 valence electrons. The summed E-state index contributed by atoms with van der Waals surface area (Å²) in [6, 6.07) is 24.2. The number of hydrogen-bond acceptors (Lipinski definition) is 3. The van der Waals surface area contributed by atoms with E-state index in [4.69, 9.17) is 4.74 Å². The molecule has 0 heterocycles. The maximum atomic E-state index is 13.9. The van der Waals surface area contributed by atoms with Gasteiger partial charge in [-0.15, -0.1) is 0 Å². The summed E-state index contributed by atoms with van der Waals surface area (Å²) in [5.41, 5.74) is 5.35. The van der Waals surface area contributed by atoms with Crippen LogP contribution in [0.25, 0.3) is 11.1 Å². The van der Waals surface area contributed by atoms with Crippen LogP contribution in [0.3, 0.4) is 0 Å². The van der Waals surface area contributed by atoms with Gasteiger partial charge in [0.25, 0.3) is 0 Å². The number of benzene rings is 3. The van der Waals surface area contributed by atoms with Crippen LogP contribution in [-0.2, 0) is 22.4 Å². The van der Waals surface area contributed by atoms with Gasteiger partial charge in [-0.1, -0.05) is 92.1 Å². The third kappa shape index (κ3) is 3.69. The number of ether oxygens (including phenoxy) is 1. The van der Waals surface area contributed by atoms with Crippen LogP contribution in [0.15, 0.2) is 72.8 Å². The highest BCUT2D eigenvalue weighted by Gasteiger charge is 2.54. The molecule has 3 aromatic carbocycles. The van der Waals surface area contributed by atoms with Gasteiger partial charge in [0.05, 0.1) is 0 Å². The molecule has 3 aliphatic carbocycles. The van der Waals surface area contributed by atoms with Crippen molar-refractivity contribution in [2.24, 2.45) is 0 Å². The van der Waals surface area contributed by atoms with Crippen molar-refractivity contribution in [1.82, 2.24) is 4.90 Å². The number of rotatable bonds is 5. The highest BCUT2D eigenvalue weighted by Crippen LogP contribution is 2.45. The third-order valence-electron chi connectivity index (χ3n) is 8.42. The lowest BCUT2D eigenvalue weighted by Crippen LogP contribution is -2.62. The van der Waals surface area contributed by atoms with E-state index in [9.17, 15) is 14.7 Å². The van der Waals surface area contributed by atoms with Crippen molar-refractivity contribution in [1.29, 1.82) is 0 Å². The fourth-order valence-electron chi connectivity index (χ4n) is 6.70. The molecule has 0 aliphatic heterocycles. The van der Waals surface area contributed by atoms with Crippen molar-refractivity contribution in [3.8, 4) is 11.1 Å². The maximum absolute atomic E-state index is 13.9. The molecule has 6 rings (SSSR count). The van der Waals surface area contributed by atoms with Crippen molar-refractivity contribution in [2.45, 2.75) is 62.4 Å². The fraction of sp³-hybridized carbons (Fsp3) is 0.355. The molecule has 0 bridgehead atoms. The van der Waals surface area contributed by atoms with Crippen LogP contribution in [0.1, 0.15) is 60.3 Å². The summed E-state index contributed by atoms with van der Waals surface area (Å²) in [5, 5.41) is 10.6. The lowest BCUT2D eigenvalue weighted by atomic mass is 9.86. The monoisotopic (exact) mass is 481 g/mol. The number of carboxylic acid groups (broad SMARTS) is 1. The van der Waals surface area contributed by atoms with E-state index in [0.717, 1.165) is 54.4 Å². The molecule has 1 N–H and O–H groups in total. The van der Waals surface area contributed by atoms with Gasteiger partial charge in [-0.2, -0.15) is 0 Å². The first-order chi connectivity index (χ1) is 17.6. The summed E-state index contributed by atoms with van der Waals surface area (Å²) in [7, 11) is 0. The third-order valence-corrected chi connectivity index (χ3v) is 8.42. The zero-order valence-corrected chi connectivity index (χ0v) is 20.4. The van der Waals surface area contributed by atoms with Gasteiger partial charge in [-0.25, -0.2) is 9.59 Å². The van der Waals surface area contributed by atoms with E-state index < -0.39 is 17.6 Å². The second kappa shape index (κ2) is 9.12. The second-order valence-corrected chi connectivity index (χ2v) is 10.4. The number of aliphatic carboxylic acids is 1. The normalized spacial score (nSPS) is 18.2. The largest absolute Gasteiger partial charge is 0.479 e. The Labute approximate surface area is 211 Å². The average molecular weight is 482 g/mol. The molecule has 3 aliphatic rings. The van der Waals surface area contributed by atoms with Crippen LogP contribution in [0.2, 0.25) is 0 Å². The van der Waals surface area contributed by atoms with Crippen LogP contribution in [-0.4, -0.2) is 40.3 Å². The molecule has 0 radical (unpaired) electrons. The van der Waals surface area contributed by atoms with E-state index in [1.165, 1.54) is 11.1 Å². The SMILES string of the molecule is O=C(OCC1c2ccccc2-c2ccccc21)N(C1CCCCC1)C1(C(=O)O)Cc2ccccc2C1. The first-order valence-electron chi connectivity index (χ1n) is 13.0. The molecule has 3 aromatic rings. The van der Waals surface area contributed by atoms with Gasteiger partial charge in [-0.3, -0.25) is 4.90 Å². The Morgan fingerprint density at radius 1 is 0.806 bits per heavy atom. The lowest BCUT2D eigenvalue weighted by molar-refractivity contribution is -0.152. The van der Waals surface area contributed by atoms with Crippen LogP contribution in [0.5, 0.6) is 0 Å². The van der Waals surface area contributed by atoms with E-state index in [1.54, 1.807) is 4.90 Å². The lowest BCUT2D eigenvalue weighted by Gasteiger charge is -2.43. The number of nitrogens with zero attached hydrogens (tertiary/aromatic N) is 1. The van der Waals surface area contributed by atoms with Crippen LogP contribution < -0.4 is 0 Å². The summed E-state index contributed by atoms with van der Waals surface area (Å²) in [4.78, 5) is 28.5. The summed E-state index contributed by atoms with van der Waals surface area (Å²) < 4.78 is 6.07. The average Bonchev–Trinajstić information content (AvgIpc) is 3.45. The molecule has 5 heteroatoms. The molecule has 0 spiro atoms. The van der Waals surface area contributed by atoms with Gasteiger partial charge < -0.3 is 9.84 Å². The van der Waals surface area contributed by atoms with Crippen LogP contribution >= 0.6 is 0 Å². The highest BCUT2D eigenvalue weighted by atomic mass is 16.6. The van der Waals surface area contributed by atoms with Gasteiger partial charge in [0.15, 0.2) is 5.54 Å². The predicted octanol–water partition coefficient (Wildman–Crippen LogP) is 6.19. The quantitative estimate of drug-likeness (QED) is 0.472. The van der Waals surface area contributed by atoms with E-state index in [-0.39, 0.29) is 18.6 Å². The van der Waals surface area contributed by atoms with Crippen molar-refractivity contribution >= 4 is 12.1 Å². The van der Waals surface area contributed by atoms with E-state index in [1.807, 2.05) is 48.5 Å². The van der Waals surface area contributed by atoms with E-state index >= 15 is 0 Å². The summed E-state index contributed by atoms with van der Waals surface area (Å²) in [6.45, 7) is 0.193. The fourth-order valence-corrected chi connectivity index (χ4v) is 6.70. The molecule has 1 amide bonds. The Hall–Kier alpha value is -3.60. The highest BCUT2D eigenvalue weighted by molar-refractivity contribution is 5.87. The van der Waals surface area contributed by atoms with E-state index in [2.05, 4.69) is 24.3 Å². The Kier molecular flexibility index (Phi) is 5.79. The Morgan fingerprint density at radius 3 is 1.89 bits per heavy atom. The molecular weight excluding hydrogens is 450 g/mol. The van der Waals surface area contributed by atoms with Crippen molar-refractivity contribution in [3.63, 3.8) is 0 Å². The van der Waals surface area contributed by atoms with Gasteiger partial charge in [0, 0.05) is 24.8 Å². The van der Waals surface area contributed by atoms with Crippen LogP contribution in [0, 0.1) is 0 Å². The molecule has 36 heavy (non-hydrogen) atoms. The Balaban J connectivity index is 1.31. The standard InChI is InChI=1S/C31H31NO4/c33-29(34)31(18-21-10-4-5-11-22(21)19-31)32(23-12-2-1-3-13-23)30(35)36-20-28-26-16-8-6-14-24(26)25-15-7-9-17-27(25)28/h4-11,14-17,23,28H,1-3,12-13,18-20H2,(H,33,34). The van der Waals surface area contributed by atoms with Crippen molar-refractivity contribution < 1.29 is 19.4 Å². The topological polar surface area (TPSA) is 66.8 Å². The number of carbonyl (C=O) groups excluding carboxylic acids is 1. The van der Waals surface area contributed by atoms with Crippen LogP contribution in [0.4, 0.5) is 4.79 Å². The van der Waals surface area contributed by atoms with Crippen molar-refractivity contribution in [2.75, 3.05) is 6.61 Å². The molecule has 0 unspecified atom stereocenters. The zero-order chi connectivity index (χ0) is 24.7. The first kappa shape index (κ1) is 22.8. The Morgan fingerprint density at radius 2 is 1.33 bits per heavy atom. The number of carboxylic acids is 1. The smallest absolute Gasteiger partial charge is 0.411 e. The number of hydrogen-bond donors (Lipinski definition) is 1. The number of carbonyl (C=O) groups is 2. The molecule has 5 nitrogen and oxygen atoms in total. The molecule has 0 atom stereocenters. The van der Waals surface area contributed by atoms with Gasteiger partial charge in [-0.05, 0) is 46.2 Å². The van der Waals surface area contributed by atoms with Gasteiger partial charge in [0.2, 0.25) is 0 Å². The summed E-state index contributed by atoms with van der Waals surface area (Å²) in [5.74, 6) is -1.01. The molecule has 1 saturated carbocycles. The molecular formula is C31H31NO4. The minimum atomic E-state index is -1.31. The molecule has 1 fully saturated rings. The van der Waals surface area contributed by atoms with E-state index in [0.29, 0.717) is 12.8 Å². The van der Waals surface area contributed by atoms with Crippen molar-refractivity contribution in [3.05, 3.63) is 95.1 Å². The minimum Gasteiger partial charge on any atom is -0.479 e. The summed E-state index contributed by atoms with van der Waals surface area (Å²) in [6.07, 6.45) is 4.89. The van der Waals surface area contributed by atoms with Gasteiger partial charge in [0.1, 0.15) is 6.61 Å². The second-order valence-electron chi connectivity index (χ2n) is 10.4. The molecule has 0 aromatic heterocycles. The minimum absolute atomic E-state index is 0.0592. The number of amides is 1.